The number of carbonyl (C=O) groups is 2. The van der Waals surface area contributed by atoms with Crippen molar-refractivity contribution in [3.63, 3.8) is 0 Å². The minimum Gasteiger partial charge on any atom is -0.481 e. The molecule has 0 rings (SSSR count). The van der Waals surface area contributed by atoms with Crippen molar-refractivity contribution in [1.29, 1.82) is 0 Å². The van der Waals surface area contributed by atoms with Crippen molar-refractivity contribution in [3.8, 4) is 0 Å². The standard InChI is InChI=1S/C8H14BrO8P/c1-3-17-7(12)8(16-2,18(13,14)15)5(4-9)6(10)11/h5H,3-4H2,1-2H3,(H,10,11)(H2,13,14,15). The zero-order valence-corrected chi connectivity index (χ0v) is 12.2. The zero-order chi connectivity index (χ0) is 14.6. The average molecular weight is 349 g/mol. The van der Waals surface area contributed by atoms with E-state index in [2.05, 4.69) is 25.4 Å². The SMILES string of the molecule is CCOC(=O)C(OC)(C(CBr)C(=O)O)P(=O)(O)O. The molecule has 10 heteroatoms. The van der Waals surface area contributed by atoms with E-state index >= 15 is 0 Å². The van der Waals surface area contributed by atoms with Crippen LogP contribution in [0.2, 0.25) is 0 Å². The number of ether oxygens (including phenoxy) is 2. The second kappa shape index (κ2) is 6.63. The summed E-state index contributed by atoms with van der Waals surface area (Å²) in [5.41, 5.74) is 0. The lowest BCUT2D eigenvalue weighted by Crippen LogP contribution is -2.52. The molecular weight excluding hydrogens is 335 g/mol. The van der Waals surface area contributed by atoms with Gasteiger partial charge in [-0.3, -0.25) is 9.36 Å². The number of aliphatic carboxylic acids is 1. The summed E-state index contributed by atoms with van der Waals surface area (Å²) in [6, 6.07) is 0. The highest BCUT2D eigenvalue weighted by Crippen LogP contribution is 2.56. The van der Waals surface area contributed by atoms with E-state index in [1.54, 1.807) is 0 Å². The summed E-state index contributed by atoms with van der Waals surface area (Å²) in [6.07, 6.45) is 0. The Morgan fingerprint density at radius 3 is 2.17 bits per heavy atom. The van der Waals surface area contributed by atoms with Gasteiger partial charge in [0.1, 0.15) is 5.92 Å². The van der Waals surface area contributed by atoms with Crippen LogP contribution in [-0.2, 0) is 23.6 Å². The lowest BCUT2D eigenvalue weighted by atomic mass is 10.0. The molecule has 0 heterocycles. The van der Waals surface area contributed by atoms with Crippen LogP contribution in [0.25, 0.3) is 0 Å². The Bertz CT molecular complexity index is 366. The third kappa shape index (κ3) is 3.10. The predicted molar refractivity (Wildman–Crippen MR) is 63.3 cm³/mol. The summed E-state index contributed by atoms with van der Waals surface area (Å²) in [7, 11) is -4.38. The van der Waals surface area contributed by atoms with Crippen molar-refractivity contribution in [2.75, 3.05) is 19.0 Å². The number of carboxylic acids is 1. The van der Waals surface area contributed by atoms with Crippen molar-refractivity contribution >= 4 is 35.5 Å². The average Bonchev–Trinajstić information content (AvgIpc) is 2.23. The molecule has 0 spiro atoms. The summed E-state index contributed by atoms with van der Waals surface area (Å²) in [5.74, 6) is -4.79. The first kappa shape index (κ1) is 17.5. The predicted octanol–water partition coefficient (Wildman–Crippen LogP) is 0.166. The van der Waals surface area contributed by atoms with E-state index in [1.807, 2.05) is 0 Å². The lowest BCUT2D eigenvalue weighted by Gasteiger charge is -2.34. The fourth-order valence-electron chi connectivity index (χ4n) is 1.38. The normalized spacial score (nSPS) is 16.7. The minimum absolute atomic E-state index is 0.168. The third-order valence-corrected chi connectivity index (χ3v) is 4.43. The first-order chi connectivity index (χ1) is 8.18. The van der Waals surface area contributed by atoms with Gasteiger partial charge in [-0.2, -0.15) is 0 Å². The molecule has 3 N–H and O–H groups in total. The van der Waals surface area contributed by atoms with Crippen LogP contribution in [0.5, 0.6) is 0 Å². The Balaban J connectivity index is 5.87. The fraction of sp³-hybridized carbons (Fsp3) is 0.750. The van der Waals surface area contributed by atoms with Crippen molar-refractivity contribution < 1.29 is 38.5 Å². The van der Waals surface area contributed by atoms with Gasteiger partial charge < -0.3 is 24.4 Å². The molecule has 0 aromatic heterocycles. The molecule has 0 aromatic rings. The molecule has 18 heavy (non-hydrogen) atoms. The van der Waals surface area contributed by atoms with E-state index < -0.39 is 30.8 Å². The monoisotopic (exact) mass is 348 g/mol. The maximum atomic E-state index is 11.7. The number of methoxy groups -OCH3 is 1. The number of alkyl halides is 1. The molecule has 0 aliphatic heterocycles. The van der Waals surface area contributed by atoms with E-state index in [4.69, 9.17) is 5.11 Å². The summed E-state index contributed by atoms with van der Waals surface area (Å²) in [5, 5.41) is 5.71. The van der Waals surface area contributed by atoms with E-state index in [0.29, 0.717) is 0 Å². The van der Waals surface area contributed by atoms with Crippen LogP contribution < -0.4 is 0 Å². The number of carbonyl (C=O) groups excluding carboxylic acids is 1. The smallest absolute Gasteiger partial charge is 0.369 e. The Kier molecular flexibility index (Phi) is 6.45. The molecule has 2 unspecified atom stereocenters. The molecule has 0 bridgehead atoms. The molecule has 106 valence electrons. The van der Waals surface area contributed by atoms with Gasteiger partial charge in [-0.25, -0.2) is 4.79 Å². The van der Waals surface area contributed by atoms with Gasteiger partial charge in [0, 0.05) is 12.4 Å². The van der Waals surface area contributed by atoms with Crippen molar-refractivity contribution in [3.05, 3.63) is 0 Å². The molecule has 0 aliphatic rings. The molecule has 2 atom stereocenters. The van der Waals surface area contributed by atoms with Crippen LogP contribution in [-0.4, -0.2) is 51.2 Å². The summed E-state index contributed by atoms with van der Waals surface area (Å²) in [4.78, 5) is 41.3. The van der Waals surface area contributed by atoms with E-state index in [0.717, 1.165) is 7.11 Å². The number of esters is 1. The first-order valence-electron chi connectivity index (χ1n) is 4.75. The molecule has 0 radical (unpaired) electrons. The number of halogens is 1. The molecule has 0 aromatic carbocycles. The highest BCUT2D eigenvalue weighted by Gasteiger charge is 2.63. The van der Waals surface area contributed by atoms with Gasteiger partial charge in [-0.05, 0) is 6.92 Å². The van der Waals surface area contributed by atoms with Crippen molar-refractivity contribution in [2.24, 2.45) is 5.92 Å². The van der Waals surface area contributed by atoms with Crippen LogP contribution in [0.15, 0.2) is 0 Å². The second-order valence-corrected chi connectivity index (χ2v) is 5.61. The third-order valence-electron chi connectivity index (χ3n) is 2.24. The lowest BCUT2D eigenvalue weighted by molar-refractivity contribution is -0.172. The highest BCUT2D eigenvalue weighted by atomic mass is 79.9. The summed E-state index contributed by atoms with van der Waals surface area (Å²) >= 11 is 2.79. The Hall–Kier alpha value is -0.470. The second-order valence-electron chi connectivity index (χ2n) is 3.21. The molecule has 8 nitrogen and oxygen atoms in total. The van der Waals surface area contributed by atoms with E-state index in [-0.39, 0.29) is 11.9 Å². The van der Waals surface area contributed by atoms with Crippen LogP contribution in [0.4, 0.5) is 0 Å². The minimum atomic E-state index is -5.23. The molecule has 0 fully saturated rings. The number of carboxylic acid groups (broad SMARTS) is 1. The van der Waals surface area contributed by atoms with Gasteiger partial charge >= 0.3 is 19.5 Å². The number of rotatable bonds is 7. The molecule has 0 amide bonds. The number of hydrogen-bond acceptors (Lipinski definition) is 5. The van der Waals surface area contributed by atoms with Crippen molar-refractivity contribution in [1.82, 2.24) is 0 Å². The van der Waals surface area contributed by atoms with Crippen LogP contribution >= 0.6 is 23.5 Å². The van der Waals surface area contributed by atoms with E-state index in [1.165, 1.54) is 6.92 Å². The fourth-order valence-corrected chi connectivity index (χ4v) is 3.51. The maximum Gasteiger partial charge on any atom is 0.369 e. The Morgan fingerprint density at radius 1 is 1.44 bits per heavy atom. The van der Waals surface area contributed by atoms with Gasteiger partial charge in [0.05, 0.1) is 6.61 Å². The Labute approximate surface area is 112 Å². The van der Waals surface area contributed by atoms with Crippen molar-refractivity contribution in [2.45, 2.75) is 12.3 Å². The quantitative estimate of drug-likeness (QED) is 0.337. The molecular formula is C8H14BrO8P. The zero-order valence-electron chi connectivity index (χ0n) is 9.70. The highest BCUT2D eigenvalue weighted by molar-refractivity contribution is 9.09. The first-order valence-corrected chi connectivity index (χ1v) is 7.49. The van der Waals surface area contributed by atoms with E-state index in [9.17, 15) is 23.9 Å². The van der Waals surface area contributed by atoms with Gasteiger partial charge in [0.25, 0.3) is 5.34 Å². The largest absolute Gasteiger partial charge is 0.481 e. The molecule has 0 saturated heterocycles. The van der Waals surface area contributed by atoms with Gasteiger partial charge in [-0.1, -0.05) is 15.9 Å². The van der Waals surface area contributed by atoms with Crippen LogP contribution in [0.1, 0.15) is 6.92 Å². The topological polar surface area (TPSA) is 130 Å². The van der Waals surface area contributed by atoms with Gasteiger partial charge in [0.15, 0.2) is 0 Å². The van der Waals surface area contributed by atoms with Gasteiger partial charge in [-0.15, -0.1) is 0 Å². The van der Waals surface area contributed by atoms with Crippen LogP contribution in [0.3, 0.4) is 0 Å². The molecule has 0 saturated carbocycles. The van der Waals surface area contributed by atoms with Gasteiger partial charge in [0.2, 0.25) is 0 Å². The Morgan fingerprint density at radius 2 is 1.94 bits per heavy atom. The molecule has 0 aliphatic carbocycles. The van der Waals surface area contributed by atoms with Crippen LogP contribution in [0, 0.1) is 5.92 Å². The summed E-state index contributed by atoms with van der Waals surface area (Å²) in [6.45, 7) is 1.25. The maximum absolute atomic E-state index is 11.7. The summed E-state index contributed by atoms with van der Waals surface area (Å²) < 4.78 is 20.6. The number of hydrogen-bond donors (Lipinski definition) is 3.